The maximum Gasteiger partial charge on any atom is 0.139 e. The second-order valence-corrected chi connectivity index (χ2v) is 4.77. The van der Waals surface area contributed by atoms with Gasteiger partial charge in [-0.1, -0.05) is 0 Å². The fourth-order valence-electron chi connectivity index (χ4n) is 1.45. The first-order chi connectivity index (χ1) is 8.19. The zero-order valence-corrected chi connectivity index (χ0v) is 11.5. The highest BCUT2D eigenvalue weighted by Gasteiger charge is 2.03. The van der Waals surface area contributed by atoms with E-state index in [0.717, 1.165) is 15.2 Å². The van der Waals surface area contributed by atoms with Crippen LogP contribution in [0.15, 0.2) is 30.1 Å². The highest BCUT2D eigenvalue weighted by molar-refractivity contribution is 7.18. The average Bonchev–Trinajstić information content (AvgIpc) is 2.66. The quantitative estimate of drug-likeness (QED) is 0.940. The van der Waals surface area contributed by atoms with Crippen LogP contribution in [0.2, 0.25) is 0 Å². The van der Waals surface area contributed by atoms with Crippen molar-refractivity contribution in [2.24, 2.45) is 5.73 Å². The Hall–Kier alpha value is -1.17. The Bertz CT molecular complexity index is 556. The van der Waals surface area contributed by atoms with Crippen LogP contribution in [0.3, 0.4) is 0 Å². The first kappa shape index (κ1) is 14.9. The Morgan fingerprint density at radius 2 is 2.33 bits per heavy atom. The summed E-state index contributed by atoms with van der Waals surface area (Å²) in [5, 5.41) is 1.01. The zero-order chi connectivity index (χ0) is 12.3. The lowest BCUT2D eigenvalue weighted by atomic mass is 10.3. The summed E-state index contributed by atoms with van der Waals surface area (Å²) < 4.78 is 19.5. The van der Waals surface area contributed by atoms with Crippen molar-refractivity contribution in [3.8, 4) is 5.75 Å². The Morgan fingerprint density at radius 1 is 1.56 bits per heavy atom. The summed E-state index contributed by atoms with van der Waals surface area (Å²) in [5.74, 6) is 0.255. The lowest BCUT2D eigenvalue weighted by molar-refractivity contribution is 0.318. The van der Waals surface area contributed by atoms with Gasteiger partial charge in [0.1, 0.15) is 18.2 Å². The second kappa shape index (κ2) is 6.68. The molecule has 1 aromatic heterocycles. The van der Waals surface area contributed by atoms with E-state index in [-0.39, 0.29) is 31.4 Å². The van der Waals surface area contributed by atoms with Gasteiger partial charge in [-0.3, -0.25) is 0 Å². The number of aromatic nitrogens is 1. The molecule has 0 spiro atoms. The molecule has 3 nitrogen and oxygen atoms in total. The van der Waals surface area contributed by atoms with Crippen molar-refractivity contribution in [2.45, 2.75) is 6.92 Å². The van der Waals surface area contributed by atoms with Crippen LogP contribution in [0.25, 0.3) is 10.2 Å². The first-order valence-corrected chi connectivity index (χ1v) is 6.05. The number of aryl methyl sites for hydroxylation is 1. The molecule has 0 aliphatic carbocycles. The normalized spacial score (nSPS) is 11.4. The highest BCUT2D eigenvalue weighted by Crippen LogP contribution is 2.25. The standard InChI is InChI=1S/C12H13FN2OS.ClH/c1-8-15-11-6-10(2-3-12(11)17-8)16-7-9(13)4-5-14;/h2-4,6H,5,7,14H2,1H3;1H. The topological polar surface area (TPSA) is 48.1 Å². The highest BCUT2D eigenvalue weighted by atomic mass is 35.5. The number of benzene rings is 1. The predicted molar refractivity (Wildman–Crippen MR) is 75.3 cm³/mol. The molecular weight excluding hydrogens is 275 g/mol. The van der Waals surface area contributed by atoms with E-state index in [1.807, 2.05) is 25.1 Å². The number of halogens is 2. The van der Waals surface area contributed by atoms with E-state index < -0.39 is 0 Å². The predicted octanol–water partition coefficient (Wildman–Crippen LogP) is 3.22. The molecule has 0 aliphatic heterocycles. The van der Waals surface area contributed by atoms with Crippen LogP contribution < -0.4 is 10.5 Å². The summed E-state index contributed by atoms with van der Waals surface area (Å²) in [6, 6.07) is 5.56. The van der Waals surface area contributed by atoms with Crippen molar-refractivity contribution in [3.05, 3.63) is 35.1 Å². The van der Waals surface area contributed by atoms with Gasteiger partial charge in [-0.2, -0.15) is 0 Å². The van der Waals surface area contributed by atoms with E-state index in [4.69, 9.17) is 10.5 Å². The third-order valence-electron chi connectivity index (χ3n) is 2.18. The molecule has 1 aromatic carbocycles. The number of hydrogen-bond acceptors (Lipinski definition) is 4. The number of fused-ring (bicyclic) bond motifs is 1. The molecule has 0 amide bonds. The van der Waals surface area contributed by atoms with Crippen LogP contribution in [0.1, 0.15) is 5.01 Å². The molecule has 0 saturated carbocycles. The van der Waals surface area contributed by atoms with Crippen LogP contribution in [-0.4, -0.2) is 18.1 Å². The van der Waals surface area contributed by atoms with Crippen LogP contribution in [-0.2, 0) is 0 Å². The van der Waals surface area contributed by atoms with Gasteiger partial charge in [0.2, 0.25) is 0 Å². The van der Waals surface area contributed by atoms with E-state index in [9.17, 15) is 4.39 Å². The summed E-state index contributed by atoms with van der Waals surface area (Å²) in [5.41, 5.74) is 6.08. The number of hydrogen-bond donors (Lipinski definition) is 1. The van der Waals surface area contributed by atoms with Gasteiger partial charge in [0.05, 0.1) is 15.2 Å². The minimum Gasteiger partial charge on any atom is -0.486 e. The minimum absolute atomic E-state index is 0. The Labute approximate surface area is 115 Å². The monoisotopic (exact) mass is 288 g/mol. The van der Waals surface area contributed by atoms with E-state index in [1.54, 1.807) is 11.3 Å². The molecular formula is C12H14ClFN2OS. The molecule has 1 heterocycles. The van der Waals surface area contributed by atoms with Crippen molar-refractivity contribution in [2.75, 3.05) is 13.2 Å². The van der Waals surface area contributed by atoms with Gasteiger partial charge in [-0.15, -0.1) is 23.7 Å². The largest absolute Gasteiger partial charge is 0.486 e. The molecule has 2 rings (SSSR count). The molecule has 0 atom stereocenters. The fourth-order valence-corrected chi connectivity index (χ4v) is 2.26. The second-order valence-electron chi connectivity index (χ2n) is 3.54. The molecule has 98 valence electrons. The SMILES string of the molecule is Cc1nc2cc(OCC(F)=CCN)ccc2s1.Cl. The lowest BCUT2D eigenvalue weighted by Crippen LogP contribution is -2.01. The molecule has 0 radical (unpaired) electrons. The van der Waals surface area contributed by atoms with Crippen molar-refractivity contribution in [3.63, 3.8) is 0 Å². The number of nitrogens with zero attached hydrogens (tertiary/aromatic N) is 1. The van der Waals surface area contributed by atoms with Crippen LogP contribution in [0.5, 0.6) is 5.75 Å². The summed E-state index contributed by atoms with van der Waals surface area (Å²) in [7, 11) is 0. The number of nitrogens with two attached hydrogens (primary N) is 1. The third-order valence-corrected chi connectivity index (χ3v) is 3.13. The summed E-state index contributed by atoms with van der Waals surface area (Å²) >= 11 is 1.62. The number of ether oxygens (including phenoxy) is 1. The van der Waals surface area contributed by atoms with E-state index in [2.05, 4.69) is 4.98 Å². The maximum atomic E-state index is 13.0. The molecule has 0 fully saturated rings. The summed E-state index contributed by atoms with van der Waals surface area (Å²) in [6.45, 7) is 2.04. The molecule has 0 saturated heterocycles. The average molecular weight is 289 g/mol. The Morgan fingerprint density at radius 3 is 3.06 bits per heavy atom. The van der Waals surface area contributed by atoms with Crippen molar-refractivity contribution >= 4 is 34.0 Å². The van der Waals surface area contributed by atoms with Gasteiger partial charge < -0.3 is 10.5 Å². The molecule has 0 bridgehead atoms. The van der Waals surface area contributed by atoms with E-state index in [0.29, 0.717) is 5.75 Å². The van der Waals surface area contributed by atoms with Crippen LogP contribution in [0.4, 0.5) is 4.39 Å². The van der Waals surface area contributed by atoms with Crippen LogP contribution >= 0.6 is 23.7 Å². The molecule has 18 heavy (non-hydrogen) atoms. The summed E-state index contributed by atoms with van der Waals surface area (Å²) in [4.78, 5) is 4.35. The summed E-state index contributed by atoms with van der Waals surface area (Å²) in [6.07, 6.45) is 1.30. The van der Waals surface area contributed by atoms with Crippen molar-refractivity contribution in [1.29, 1.82) is 0 Å². The smallest absolute Gasteiger partial charge is 0.139 e. The van der Waals surface area contributed by atoms with E-state index in [1.165, 1.54) is 6.08 Å². The maximum absolute atomic E-state index is 13.0. The van der Waals surface area contributed by atoms with Crippen molar-refractivity contribution < 1.29 is 9.13 Å². The van der Waals surface area contributed by atoms with Gasteiger partial charge in [0.25, 0.3) is 0 Å². The third kappa shape index (κ3) is 3.66. The molecule has 0 aliphatic rings. The first-order valence-electron chi connectivity index (χ1n) is 5.23. The Kier molecular flexibility index (Phi) is 5.53. The van der Waals surface area contributed by atoms with Gasteiger partial charge in [-0.25, -0.2) is 9.37 Å². The Balaban J connectivity index is 0.00000162. The fraction of sp³-hybridized carbons (Fsp3) is 0.250. The molecule has 2 N–H and O–H groups in total. The van der Waals surface area contributed by atoms with Gasteiger partial charge in [-0.05, 0) is 25.1 Å². The molecule has 2 aromatic rings. The minimum atomic E-state index is -0.359. The molecule has 6 heteroatoms. The molecule has 0 unspecified atom stereocenters. The van der Waals surface area contributed by atoms with Gasteiger partial charge in [0.15, 0.2) is 0 Å². The van der Waals surface area contributed by atoms with Gasteiger partial charge >= 0.3 is 0 Å². The number of thiazole rings is 1. The van der Waals surface area contributed by atoms with E-state index >= 15 is 0 Å². The van der Waals surface area contributed by atoms with Crippen molar-refractivity contribution in [1.82, 2.24) is 4.98 Å². The van der Waals surface area contributed by atoms with Crippen LogP contribution in [0, 0.1) is 6.92 Å². The zero-order valence-electron chi connectivity index (χ0n) is 9.85. The van der Waals surface area contributed by atoms with Gasteiger partial charge in [0, 0.05) is 12.6 Å². The number of rotatable bonds is 4. The lowest BCUT2D eigenvalue weighted by Gasteiger charge is -2.03.